The Hall–Kier alpha value is -3.56. The highest BCUT2D eigenvalue weighted by molar-refractivity contribution is 5.89. The van der Waals surface area contributed by atoms with Gasteiger partial charge in [-0.1, -0.05) is 69.3 Å². The third-order valence-corrected chi connectivity index (χ3v) is 5.48. The SMILES string of the molecule is CC(C)(C)CN(CC(=O)O)C(=O)C(NC(=O)OCC1c2ccccc2-c2ccccc21)C(F)(F)F. The van der Waals surface area contributed by atoms with Crippen molar-refractivity contribution in [2.45, 2.75) is 38.9 Å². The number of fused-ring (bicyclic) bond motifs is 3. The van der Waals surface area contributed by atoms with Crippen molar-refractivity contribution in [2.24, 2.45) is 5.41 Å². The lowest BCUT2D eigenvalue weighted by atomic mass is 9.95. The molecule has 0 radical (unpaired) electrons. The number of alkyl carbamates (subject to hydrolysis) is 1. The van der Waals surface area contributed by atoms with Crippen LogP contribution in [0.3, 0.4) is 0 Å². The molecule has 0 aromatic heterocycles. The van der Waals surface area contributed by atoms with Crippen LogP contribution in [0.5, 0.6) is 0 Å². The Morgan fingerprint density at radius 3 is 1.97 bits per heavy atom. The number of ether oxygens (including phenoxy) is 1. The average molecular weight is 492 g/mol. The molecule has 0 saturated carbocycles. The van der Waals surface area contributed by atoms with E-state index in [4.69, 9.17) is 9.84 Å². The Labute approximate surface area is 200 Å². The van der Waals surface area contributed by atoms with Gasteiger partial charge in [0.2, 0.25) is 6.04 Å². The summed E-state index contributed by atoms with van der Waals surface area (Å²) in [6.45, 7) is 3.52. The minimum absolute atomic E-state index is 0.237. The van der Waals surface area contributed by atoms with Crippen LogP contribution in [0.15, 0.2) is 48.5 Å². The van der Waals surface area contributed by atoms with Crippen molar-refractivity contribution >= 4 is 18.0 Å². The highest BCUT2D eigenvalue weighted by Crippen LogP contribution is 2.44. The molecule has 2 aromatic rings. The number of carboxylic acid groups (broad SMARTS) is 1. The number of carbonyl (C=O) groups is 3. The minimum Gasteiger partial charge on any atom is -0.480 e. The summed E-state index contributed by atoms with van der Waals surface area (Å²) in [5.41, 5.74) is 2.98. The van der Waals surface area contributed by atoms with E-state index in [-0.39, 0.29) is 19.1 Å². The standard InChI is InChI=1S/C25H27F3N2O5/c1-24(2,3)14-30(12-20(31)32)22(33)21(25(26,27)28)29-23(34)35-13-19-17-10-6-4-8-15(17)16-9-5-7-11-18(16)19/h4-11,19,21H,12-14H2,1-3H3,(H,29,34)(H,31,32). The quantitative estimate of drug-likeness (QED) is 0.597. The van der Waals surface area contributed by atoms with E-state index in [1.54, 1.807) is 26.1 Å². The second-order valence-electron chi connectivity index (χ2n) is 9.59. The zero-order chi connectivity index (χ0) is 26.0. The molecule has 1 aliphatic rings. The highest BCUT2D eigenvalue weighted by Gasteiger charge is 2.48. The van der Waals surface area contributed by atoms with Gasteiger partial charge in [0, 0.05) is 12.5 Å². The predicted octanol–water partition coefficient (Wildman–Crippen LogP) is 4.42. The maximum atomic E-state index is 13.7. The molecule has 188 valence electrons. The monoisotopic (exact) mass is 492 g/mol. The van der Waals surface area contributed by atoms with E-state index >= 15 is 0 Å². The molecule has 2 aromatic carbocycles. The fourth-order valence-corrected chi connectivity index (χ4v) is 4.17. The molecule has 1 aliphatic carbocycles. The molecule has 3 rings (SSSR count). The number of carbonyl (C=O) groups excluding carboxylic acids is 2. The molecule has 10 heteroatoms. The summed E-state index contributed by atoms with van der Waals surface area (Å²) < 4.78 is 46.3. The fraction of sp³-hybridized carbons (Fsp3) is 0.400. The van der Waals surface area contributed by atoms with Crippen LogP contribution in [0.4, 0.5) is 18.0 Å². The molecule has 1 atom stereocenters. The second-order valence-corrected chi connectivity index (χ2v) is 9.59. The number of nitrogens with one attached hydrogen (secondary N) is 1. The van der Waals surface area contributed by atoms with E-state index in [0.29, 0.717) is 4.90 Å². The van der Waals surface area contributed by atoms with Crippen LogP contribution < -0.4 is 5.32 Å². The Balaban J connectivity index is 1.75. The number of rotatable bonds is 7. The van der Waals surface area contributed by atoms with Gasteiger partial charge in [0.05, 0.1) is 0 Å². The first-order valence-electron chi connectivity index (χ1n) is 11.0. The number of halogens is 3. The van der Waals surface area contributed by atoms with Crippen molar-refractivity contribution in [3.63, 3.8) is 0 Å². The number of hydrogen-bond donors (Lipinski definition) is 2. The Morgan fingerprint density at radius 2 is 1.51 bits per heavy atom. The molecule has 2 N–H and O–H groups in total. The lowest BCUT2D eigenvalue weighted by Gasteiger charge is -2.32. The van der Waals surface area contributed by atoms with Crippen molar-refractivity contribution in [1.29, 1.82) is 0 Å². The number of nitrogens with zero attached hydrogens (tertiary/aromatic N) is 1. The summed E-state index contributed by atoms with van der Waals surface area (Å²) in [7, 11) is 0. The van der Waals surface area contributed by atoms with E-state index in [0.717, 1.165) is 22.3 Å². The van der Waals surface area contributed by atoms with Gasteiger partial charge in [-0.3, -0.25) is 9.59 Å². The number of carboxylic acids is 1. The van der Waals surface area contributed by atoms with Gasteiger partial charge in [-0.05, 0) is 27.7 Å². The van der Waals surface area contributed by atoms with E-state index in [1.165, 1.54) is 0 Å². The predicted molar refractivity (Wildman–Crippen MR) is 122 cm³/mol. The van der Waals surface area contributed by atoms with Crippen LogP contribution in [0.2, 0.25) is 0 Å². The van der Waals surface area contributed by atoms with Gasteiger partial charge >= 0.3 is 18.2 Å². The maximum Gasteiger partial charge on any atom is 0.417 e. The topological polar surface area (TPSA) is 95.9 Å². The van der Waals surface area contributed by atoms with Crippen molar-refractivity contribution in [3.05, 3.63) is 59.7 Å². The smallest absolute Gasteiger partial charge is 0.417 e. The van der Waals surface area contributed by atoms with Crippen LogP contribution in [-0.2, 0) is 14.3 Å². The molecule has 0 fully saturated rings. The molecule has 1 unspecified atom stereocenters. The Kier molecular flexibility index (Phi) is 7.42. The molecule has 0 aliphatic heterocycles. The van der Waals surface area contributed by atoms with Crippen molar-refractivity contribution in [1.82, 2.24) is 10.2 Å². The zero-order valence-corrected chi connectivity index (χ0v) is 19.6. The van der Waals surface area contributed by atoms with E-state index in [1.807, 2.05) is 48.5 Å². The summed E-state index contributed by atoms with van der Waals surface area (Å²) in [6, 6.07) is 12.0. The molecule has 0 saturated heterocycles. The van der Waals surface area contributed by atoms with E-state index < -0.39 is 42.1 Å². The summed E-state index contributed by atoms with van der Waals surface area (Å²) in [6.07, 6.45) is -6.58. The number of aliphatic carboxylic acids is 1. The fourth-order valence-electron chi connectivity index (χ4n) is 4.17. The largest absolute Gasteiger partial charge is 0.480 e. The summed E-state index contributed by atoms with van der Waals surface area (Å²) in [5.74, 6) is -3.41. The molecule has 0 heterocycles. The van der Waals surface area contributed by atoms with Gasteiger partial charge in [-0.25, -0.2) is 4.79 Å². The number of hydrogen-bond acceptors (Lipinski definition) is 4. The second kappa shape index (κ2) is 9.97. The zero-order valence-electron chi connectivity index (χ0n) is 19.6. The van der Waals surface area contributed by atoms with Crippen molar-refractivity contribution in [3.8, 4) is 11.1 Å². The first-order valence-corrected chi connectivity index (χ1v) is 11.0. The molecule has 35 heavy (non-hydrogen) atoms. The van der Waals surface area contributed by atoms with Gasteiger partial charge in [0.1, 0.15) is 13.2 Å². The lowest BCUT2D eigenvalue weighted by Crippen LogP contribution is -2.58. The molecule has 0 bridgehead atoms. The minimum atomic E-state index is -5.16. The number of alkyl halides is 3. The average Bonchev–Trinajstić information content (AvgIpc) is 3.07. The van der Waals surface area contributed by atoms with E-state index in [9.17, 15) is 27.6 Å². The van der Waals surface area contributed by atoms with Crippen LogP contribution >= 0.6 is 0 Å². The summed E-state index contributed by atoms with van der Waals surface area (Å²) >= 11 is 0. The molecule has 2 amide bonds. The van der Waals surface area contributed by atoms with Crippen molar-refractivity contribution < 1.29 is 37.4 Å². The summed E-state index contributed by atoms with van der Waals surface area (Å²) in [4.78, 5) is 36.8. The summed E-state index contributed by atoms with van der Waals surface area (Å²) in [5, 5.41) is 10.7. The van der Waals surface area contributed by atoms with Gasteiger partial charge in [-0.2, -0.15) is 13.2 Å². The van der Waals surface area contributed by atoms with Crippen LogP contribution in [0.25, 0.3) is 11.1 Å². The van der Waals surface area contributed by atoms with Gasteiger partial charge in [0.25, 0.3) is 5.91 Å². The molecule has 0 spiro atoms. The first kappa shape index (κ1) is 26.1. The number of amides is 2. The van der Waals surface area contributed by atoms with Crippen LogP contribution in [0, 0.1) is 5.41 Å². The van der Waals surface area contributed by atoms with Crippen molar-refractivity contribution in [2.75, 3.05) is 19.7 Å². The van der Waals surface area contributed by atoms with Gasteiger partial charge in [-0.15, -0.1) is 0 Å². The Bertz CT molecular complexity index is 1070. The first-order chi connectivity index (χ1) is 16.3. The Morgan fingerprint density at radius 1 is 1.00 bits per heavy atom. The third kappa shape index (κ3) is 6.32. The van der Waals surface area contributed by atoms with Gasteiger partial charge in [0.15, 0.2) is 0 Å². The number of benzene rings is 2. The van der Waals surface area contributed by atoms with E-state index in [2.05, 4.69) is 0 Å². The molecular formula is C25H27F3N2O5. The normalized spacial score (nSPS) is 14.0. The third-order valence-electron chi connectivity index (χ3n) is 5.48. The lowest BCUT2D eigenvalue weighted by molar-refractivity contribution is -0.176. The maximum absolute atomic E-state index is 13.7. The van der Waals surface area contributed by atoms with Gasteiger partial charge < -0.3 is 20.1 Å². The highest BCUT2D eigenvalue weighted by atomic mass is 19.4. The molecular weight excluding hydrogens is 465 g/mol. The van der Waals surface area contributed by atoms with Crippen LogP contribution in [-0.4, -0.2) is 59.9 Å². The molecule has 7 nitrogen and oxygen atoms in total. The van der Waals surface area contributed by atoms with Crippen LogP contribution in [0.1, 0.15) is 37.8 Å².